The molecule has 2 aliphatic heterocycles. The van der Waals surface area contributed by atoms with E-state index in [1.807, 2.05) is 43.3 Å². The molecule has 7 nitrogen and oxygen atoms in total. The normalized spacial score (nSPS) is 18.1. The number of ether oxygens (including phenoxy) is 1. The van der Waals surface area contributed by atoms with Crippen LogP contribution in [0.15, 0.2) is 75.9 Å². The van der Waals surface area contributed by atoms with Crippen LogP contribution in [-0.4, -0.2) is 37.0 Å². The van der Waals surface area contributed by atoms with Gasteiger partial charge in [-0.2, -0.15) is 0 Å². The first-order chi connectivity index (χ1) is 18.4. The fraction of sp³-hybridized carbons (Fsp3) is 0.233. The van der Waals surface area contributed by atoms with Gasteiger partial charge in [-0.25, -0.2) is 4.39 Å². The Morgan fingerprint density at radius 3 is 2.53 bits per heavy atom. The van der Waals surface area contributed by atoms with Crippen molar-refractivity contribution in [3.8, 4) is 0 Å². The zero-order valence-corrected chi connectivity index (χ0v) is 21.0. The van der Waals surface area contributed by atoms with Gasteiger partial charge >= 0.3 is 0 Å². The first-order valence-corrected chi connectivity index (χ1v) is 12.4. The summed E-state index contributed by atoms with van der Waals surface area (Å²) in [6.07, 6.45) is 0.438. The quantitative estimate of drug-likeness (QED) is 0.355. The number of nitrogens with zero attached hydrogens (tertiary/aromatic N) is 2. The highest BCUT2D eigenvalue weighted by Crippen LogP contribution is 2.52. The average Bonchev–Trinajstić information content (AvgIpc) is 3.31. The summed E-state index contributed by atoms with van der Waals surface area (Å²) in [4.78, 5) is 45.5. The van der Waals surface area contributed by atoms with E-state index in [9.17, 15) is 18.8 Å². The van der Waals surface area contributed by atoms with E-state index in [2.05, 4.69) is 0 Å². The third-order valence-electron chi connectivity index (χ3n) is 7.39. The van der Waals surface area contributed by atoms with E-state index in [4.69, 9.17) is 9.15 Å². The molecule has 3 heterocycles. The van der Waals surface area contributed by atoms with Crippen LogP contribution >= 0.6 is 0 Å². The molecule has 0 radical (unpaired) electrons. The van der Waals surface area contributed by atoms with Crippen LogP contribution in [0, 0.1) is 12.7 Å². The highest BCUT2D eigenvalue weighted by atomic mass is 19.1. The fourth-order valence-corrected chi connectivity index (χ4v) is 5.66. The van der Waals surface area contributed by atoms with Gasteiger partial charge in [0, 0.05) is 25.8 Å². The molecule has 0 bridgehead atoms. The average molecular weight is 513 g/mol. The third kappa shape index (κ3) is 3.33. The monoisotopic (exact) mass is 512 g/mol. The number of aryl methyl sites for hydroxylation is 1. The molecule has 4 aromatic rings. The van der Waals surface area contributed by atoms with Gasteiger partial charge in [-0.05, 0) is 43.2 Å². The number of fused-ring (bicyclic) bond motifs is 5. The molecule has 1 spiro atoms. The Morgan fingerprint density at radius 1 is 1.00 bits per heavy atom. The molecule has 0 saturated heterocycles. The van der Waals surface area contributed by atoms with E-state index in [1.54, 1.807) is 24.1 Å². The summed E-state index contributed by atoms with van der Waals surface area (Å²) in [5.74, 6) is -1.78. The lowest BCUT2D eigenvalue weighted by atomic mass is 9.84. The molecule has 0 saturated carbocycles. The lowest BCUT2D eigenvalue weighted by Gasteiger charge is -2.34. The van der Waals surface area contributed by atoms with Gasteiger partial charge in [-0.15, -0.1) is 0 Å². The van der Waals surface area contributed by atoms with E-state index in [0.717, 1.165) is 17.2 Å². The Labute approximate surface area is 218 Å². The number of anilines is 1. The lowest BCUT2D eigenvalue weighted by Crippen LogP contribution is -2.53. The Kier molecular flexibility index (Phi) is 5.65. The number of para-hydroxylation sites is 1. The molecule has 1 atom stereocenters. The summed E-state index contributed by atoms with van der Waals surface area (Å²) >= 11 is 0. The van der Waals surface area contributed by atoms with E-state index < -0.39 is 28.6 Å². The van der Waals surface area contributed by atoms with Gasteiger partial charge in [0.15, 0.2) is 11.0 Å². The van der Waals surface area contributed by atoms with E-state index in [1.165, 1.54) is 17.0 Å². The first kappa shape index (κ1) is 24.1. The number of rotatable bonds is 6. The van der Waals surface area contributed by atoms with Crippen molar-refractivity contribution in [3.63, 3.8) is 0 Å². The summed E-state index contributed by atoms with van der Waals surface area (Å²) in [6, 6.07) is 18.6. The number of methoxy groups -OCH3 is 1. The molecular weight excluding hydrogens is 487 g/mol. The summed E-state index contributed by atoms with van der Waals surface area (Å²) in [6.45, 7) is 2.74. The van der Waals surface area contributed by atoms with Gasteiger partial charge in [-0.1, -0.05) is 48.0 Å². The van der Waals surface area contributed by atoms with Crippen molar-refractivity contribution in [1.29, 1.82) is 0 Å². The van der Waals surface area contributed by atoms with Crippen LogP contribution in [0.5, 0.6) is 0 Å². The van der Waals surface area contributed by atoms with Crippen molar-refractivity contribution >= 4 is 28.5 Å². The Bertz CT molecular complexity index is 1660. The Hall–Kier alpha value is -4.30. The molecular formula is C30H25FN2O5. The number of benzene rings is 3. The third-order valence-corrected chi connectivity index (χ3v) is 7.39. The van der Waals surface area contributed by atoms with E-state index >= 15 is 0 Å². The molecule has 38 heavy (non-hydrogen) atoms. The van der Waals surface area contributed by atoms with Crippen molar-refractivity contribution in [1.82, 2.24) is 4.90 Å². The maximum absolute atomic E-state index is 14.6. The maximum atomic E-state index is 14.6. The molecule has 0 N–H and O–H groups in total. The molecule has 3 aromatic carbocycles. The second kappa shape index (κ2) is 8.92. The molecule has 1 aromatic heterocycles. The number of amides is 2. The minimum absolute atomic E-state index is 0.0167. The fourth-order valence-electron chi connectivity index (χ4n) is 5.66. The van der Waals surface area contributed by atoms with Crippen molar-refractivity contribution < 1.29 is 23.1 Å². The van der Waals surface area contributed by atoms with Crippen molar-refractivity contribution in [3.05, 3.63) is 111 Å². The van der Waals surface area contributed by atoms with Crippen LogP contribution in [0.4, 0.5) is 10.1 Å². The standard InChI is InChI=1S/C30H25FN2O5/c1-18-8-10-19(11-9-18)17-32-23-7-4-3-6-22(23)30(29(32)36)25-26(34)21-16-20(31)12-13-24(21)38-27(25)28(35)33(30)14-5-15-37-2/h3-4,6-13,16H,5,14-15,17H2,1-2H3. The van der Waals surface area contributed by atoms with Crippen LogP contribution in [-0.2, 0) is 21.6 Å². The number of carbonyl (C=O) groups excluding carboxylic acids is 2. The molecule has 1 unspecified atom stereocenters. The van der Waals surface area contributed by atoms with Crippen molar-refractivity contribution in [2.45, 2.75) is 25.4 Å². The van der Waals surface area contributed by atoms with Gasteiger partial charge < -0.3 is 19.0 Å². The van der Waals surface area contributed by atoms with Crippen molar-refractivity contribution in [2.24, 2.45) is 0 Å². The van der Waals surface area contributed by atoms with E-state index in [-0.39, 0.29) is 35.4 Å². The van der Waals surface area contributed by atoms with Gasteiger partial charge in [-0.3, -0.25) is 14.4 Å². The molecule has 0 fully saturated rings. The number of carbonyl (C=O) groups is 2. The molecule has 2 aliphatic rings. The SMILES string of the molecule is COCCCN1C(=O)c2oc3ccc(F)cc3c(=O)c2C12C(=O)N(Cc1ccc(C)cc1)c1ccccc12. The summed E-state index contributed by atoms with van der Waals surface area (Å²) < 4.78 is 25.4. The zero-order valence-electron chi connectivity index (χ0n) is 21.0. The minimum atomic E-state index is -1.73. The topological polar surface area (TPSA) is 80.1 Å². The zero-order chi connectivity index (χ0) is 26.6. The predicted molar refractivity (Wildman–Crippen MR) is 140 cm³/mol. The van der Waals surface area contributed by atoms with Crippen molar-refractivity contribution in [2.75, 3.05) is 25.2 Å². The highest BCUT2D eigenvalue weighted by Gasteiger charge is 2.64. The summed E-state index contributed by atoms with van der Waals surface area (Å²) in [7, 11) is 1.56. The van der Waals surface area contributed by atoms with Crippen LogP contribution in [0.1, 0.15) is 39.2 Å². The maximum Gasteiger partial charge on any atom is 0.291 e. The molecule has 0 aliphatic carbocycles. The second-order valence-electron chi connectivity index (χ2n) is 9.68. The van der Waals surface area contributed by atoms with Gasteiger partial charge in [0.05, 0.1) is 23.2 Å². The number of hydrogen-bond donors (Lipinski definition) is 0. The van der Waals surface area contributed by atoms with Crippen LogP contribution in [0.25, 0.3) is 11.0 Å². The second-order valence-corrected chi connectivity index (χ2v) is 9.68. The lowest BCUT2D eigenvalue weighted by molar-refractivity contribution is -0.126. The predicted octanol–water partition coefficient (Wildman–Crippen LogP) is 4.52. The van der Waals surface area contributed by atoms with Gasteiger partial charge in [0.2, 0.25) is 5.76 Å². The summed E-state index contributed by atoms with van der Waals surface area (Å²) in [5.41, 5.74) is 0.813. The minimum Gasteiger partial charge on any atom is -0.450 e. The van der Waals surface area contributed by atoms with Crippen LogP contribution in [0.2, 0.25) is 0 Å². The molecule has 192 valence electrons. The number of hydrogen-bond acceptors (Lipinski definition) is 5. The Morgan fingerprint density at radius 2 is 1.76 bits per heavy atom. The van der Waals surface area contributed by atoms with E-state index in [0.29, 0.717) is 24.3 Å². The molecule has 2 amide bonds. The first-order valence-electron chi connectivity index (χ1n) is 12.4. The number of halogens is 1. The smallest absolute Gasteiger partial charge is 0.291 e. The van der Waals surface area contributed by atoms with Crippen LogP contribution < -0.4 is 10.3 Å². The largest absolute Gasteiger partial charge is 0.450 e. The van der Waals surface area contributed by atoms with Gasteiger partial charge in [0.25, 0.3) is 11.8 Å². The summed E-state index contributed by atoms with van der Waals surface area (Å²) in [5, 5.41) is -0.0167. The van der Waals surface area contributed by atoms with Crippen LogP contribution in [0.3, 0.4) is 0 Å². The molecule has 8 heteroatoms. The molecule has 6 rings (SSSR count). The Balaban J connectivity index is 1.62. The highest BCUT2D eigenvalue weighted by molar-refractivity contribution is 6.17. The van der Waals surface area contributed by atoms with Gasteiger partial charge in [0.1, 0.15) is 11.4 Å².